The number of nitrogens with zero attached hydrogens (tertiary/aromatic N) is 2. The summed E-state index contributed by atoms with van der Waals surface area (Å²) in [5.74, 6) is 0.162. The number of esters is 1. The van der Waals surface area contributed by atoms with Crippen molar-refractivity contribution in [2.45, 2.75) is 39.5 Å². The van der Waals surface area contributed by atoms with Crippen LogP contribution in [-0.2, 0) is 22.7 Å². The van der Waals surface area contributed by atoms with Crippen molar-refractivity contribution in [2.75, 3.05) is 0 Å². The number of aliphatic hydroxyl groups is 1. The van der Waals surface area contributed by atoms with Gasteiger partial charge in [-0.15, -0.1) is 0 Å². The molecule has 102 valence electrons. The number of para-hydroxylation sites is 2. The molecule has 1 unspecified atom stereocenters. The molecule has 0 fully saturated rings. The van der Waals surface area contributed by atoms with E-state index in [1.165, 1.54) is 0 Å². The van der Waals surface area contributed by atoms with E-state index in [4.69, 9.17) is 4.74 Å². The van der Waals surface area contributed by atoms with Gasteiger partial charge in [0.1, 0.15) is 19.0 Å². The van der Waals surface area contributed by atoms with E-state index in [-0.39, 0.29) is 25.2 Å². The minimum atomic E-state index is -0.313. The maximum absolute atomic E-state index is 11.8. The van der Waals surface area contributed by atoms with Gasteiger partial charge in [-0.25, -0.2) is 4.98 Å². The van der Waals surface area contributed by atoms with Gasteiger partial charge in [0.15, 0.2) is 0 Å². The summed E-state index contributed by atoms with van der Waals surface area (Å²) in [5.41, 5.74) is 1.59. The predicted molar refractivity (Wildman–Crippen MR) is 71.5 cm³/mol. The Bertz CT molecular complexity index is 577. The van der Waals surface area contributed by atoms with Crippen molar-refractivity contribution >= 4 is 17.0 Å². The minimum absolute atomic E-state index is 0.0702. The first-order chi connectivity index (χ1) is 9.15. The van der Waals surface area contributed by atoms with Gasteiger partial charge in [-0.05, 0) is 25.5 Å². The lowest BCUT2D eigenvalue weighted by molar-refractivity contribution is -0.149. The van der Waals surface area contributed by atoms with Crippen molar-refractivity contribution in [1.82, 2.24) is 9.55 Å². The first kappa shape index (κ1) is 13.5. The van der Waals surface area contributed by atoms with Gasteiger partial charge in [0.05, 0.1) is 17.1 Å². The van der Waals surface area contributed by atoms with Crippen molar-refractivity contribution in [1.29, 1.82) is 0 Å². The van der Waals surface area contributed by atoms with E-state index in [0.29, 0.717) is 5.82 Å². The second-order valence-electron chi connectivity index (χ2n) is 4.47. The third-order valence-corrected chi connectivity index (χ3v) is 3.07. The molecule has 1 heterocycles. The van der Waals surface area contributed by atoms with Crippen molar-refractivity contribution in [3.05, 3.63) is 30.1 Å². The number of ether oxygens (including phenoxy) is 1. The molecule has 1 aromatic heterocycles. The Hall–Kier alpha value is -1.88. The van der Waals surface area contributed by atoms with Gasteiger partial charge in [-0.1, -0.05) is 19.1 Å². The van der Waals surface area contributed by atoms with E-state index in [9.17, 15) is 9.90 Å². The summed E-state index contributed by atoms with van der Waals surface area (Å²) in [7, 11) is 0. The van der Waals surface area contributed by atoms with Crippen molar-refractivity contribution in [3.8, 4) is 0 Å². The maximum Gasteiger partial charge on any atom is 0.326 e. The standard InChI is InChI=1S/C14H18N2O3/c1-3-10(2)19-14(18)8-16-12-7-5-4-6-11(12)15-13(16)9-17/h4-7,10,17H,3,8-9H2,1-2H3. The Balaban J connectivity index is 2.26. The molecule has 1 atom stereocenters. The number of carbonyl (C=O) groups excluding carboxylic acids is 1. The van der Waals surface area contributed by atoms with Gasteiger partial charge >= 0.3 is 5.97 Å². The highest BCUT2D eigenvalue weighted by Gasteiger charge is 2.14. The first-order valence-corrected chi connectivity index (χ1v) is 6.40. The summed E-state index contributed by atoms with van der Waals surface area (Å²) in [6, 6.07) is 7.48. The van der Waals surface area contributed by atoms with Crippen molar-refractivity contribution in [2.24, 2.45) is 0 Å². The molecule has 2 rings (SSSR count). The average molecular weight is 262 g/mol. The Morgan fingerprint density at radius 3 is 2.89 bits per heavy atom. The second kappa shape index (κ2) is 5.84. The topological polar surface area (TPSA) is 64.3 Å². The Morgan fingerprint density at radius 2 is 2.21 bits per heavy atom. The second-order valence-corrected chi connectivity index (χ2v) is 4.47. The van der Waals surface area contributed by atoms with Crippen LogP contribution in [0.4, 0.5) is 0 Å². The van der Waals surface area contributed by atoms with E-state index in [1.54, 1.807) is 4.57 Å². The number of benzene rings is 1. The number of rotatable bonds is 5. The Kier molecular flexibility index (Phi) is 4.16. The summed E-state index contributed by atoms with van der Waals surface area (Å²) < 4.78 is 6.95. The predicted octanol–water partition coefficient (Wildman–Crippen LogP) is 1.87. The highest BCUT2D eigenvalue weighted by Crippen LogP contribution is 2.16. The molecule has 0 bridgehead atoms. The fraction of sp³-hybridized carbons (Fsp3) is 0.429. The monoisotopic (exact) mass is 262 g/mol. The van der Waals surface area contributed by atoms with Crippen LogP contribution < -0.4 is 0 Å². The smallest absolute Gasteiger partial charge is 0.326 e. The normalized spacial score (nSPS) is 12.6. The van der Waals surface area contributed by atoms with E-state index in [2.05, 4.69) is 4.98 Å². The molecule has 5 heteroatoms. The fourth-order valence-electron chi connectivity index (χ4n) is 1.90. The molecule has 2 aromatic rings. The molecule has 0 spiro atoms. The van der Waals surface area contributed by atoms with Gasteiger partial charge in [-0.3, -0.25) is 4.79 Å². The number of hydrogen-bond donors (Lipinski definition) is 1. The molecule has 1 aromatic carbocycles. The van der Waals surface area contributed by atoms with E-state index >= 15 is 0 Å². The van der Waals surface area contributed by atoms with Crippen LogP contribution in [0.15, 0.2) is 24.3 Å². The van der Waals surface area contributed by atoms with E-state index in [1.807, 2.05) is 38.1 Å². The molecule has 1 N–H and O–H groups in total. The van der Waals surface area contributed by atoms with E-state index in [0.717, 1.165) is 17.5 Å². The maximum atomic E-state index is 11.8. The van der Waals surface area contributed by atoms with Crippen LogP contribution in [0, 0.1) is 0 Å². The molecule has 19 heavy (non-hydrogen) atoms. The summed E-state index contributed by atoms with van der Waals surface area (Å²) in [5, 5.41) is 9.32. The average Bonchev–Trinajstić information content (AvgIpc) is 2.76. The lowest BCUT2D eigenvalue weighted by Crippen LogP contribution is -2.20. The summed E-state index contributed by atoms with van der Waals surface area (Å²) >= 11 is 0. The van der Waals surface area contributed by atoms with Crippen molar-refractivity contribution in [3.63, 3.8) is 0 Å². The van der Waals surface area contributed by atoms with Crippen LogP contribution in [-0.4, -0.2) is 26.7 Å². The summed E-state index contributed by atoms with van der Waals surface area (Å²) in [4.78, 5) is 16.1. The van der Waals surface area contributed by atoms with Crippen LogP contribution in [0.3, 0.4) is 0 Å². The zero-order valence-electron chi connectivity index (χ0n) is 11.2. The number of carbonyl (C=O) groups is 1. The van der Waals surface area contributed by atoms with Gasteiger partial charge < -0.3 is 14.4 Å². The van der Waals surface area contributed by atoms with Crippen LogP contribution in [0.1, 0.15) is 26.1 Å². The van der Waals surface area contributed by atoms with E-state index < -0.39 is 0 Å². The lowest BCUT2D eigenvalue weighted by atomic mass is 10.3. The number of imidazole rings is 1. The number of fused-ring (bicyclic) bond motifs is 1. The van der Waals surface area contributed by atoms with Gasteiger partial charge in [0.2, 0.25) is 0 Å². The SMILES string of the molecule is CCC(C)OC(=O)Cn1c(CO)nc2ccccc21. The third kappa shape index (κ3) is 2.93. The van der Waals surface area contributed by atoms with Crippen molar-refractivity contribution < 1.29 is 14.6 Å². The molecule has 0 aliphatic heterocycles. The minimum Gasteiger partial charge on any atom is -0.461 e. The molecular formula is C14H18N2O3. The summed E-state index contributed by atoms with van der Waals surface area (Å²) in [6.07, 6.45) is 0.684. The zero-order valence-corrected chi connectivity index (χ0v) is 11.2. The molecule has 0 saturated heterocycles. The molecule has 0 amide bonds. The third-order valence-electron chi connectivity index (χ3n) is 3.07. The van der Waals surface area contributed by atoms with Gasteiger partial charge in [0, 0.05) is 0 Å². The highest BCUT2D eigenvalue weighted by atomic mass is 16.5. The zero-order chi connectivity index (χ0) is 13.8. The van der Waals surface area contributed by atoms with Crippen LogP contribution >= 0.6 is 0 Å². The fourth-order valence-corrected chi connectivity index (χ4v) is 1.90. The van der Waals surface area contributed by atoms with Gasteiger partial charge in [0.25, 0.3) is 0 Å². The molecular weight excluding hydrogens is 244 g/mol. The van der Waals surface area contributed by atoms with Crippen LogP contribution in [0.25, 0.3) is 11.0 Å². The number of aromatic nitrogens is 2. The quantitative estimate of drug-likeness (QED) is 0.835. The van der Waals surface area contributed by atoms with Crippen LogP contribution in [0.5, 0.6) is 0 Å². The first-order valence-electron chi connectivity index (χ1n) is 6.40. The summed E-state index contributed by atoms with van der Waals surface area (Å²) in [6.45, 7) is 3.69. The van der Waals surface area contributed by atoms with Gasteiger partial charge in [-0.2, -0.15) is 0 Å². The number of hydrogen-bond acceptors (Lipinski definition) is 4. The molecule has 0 radical (unpaired) electrons. The lowest BCUT2D eigenvalue weighted by Gasteiger charge is -2.12. The molecule has 5 nitrogen and oxygen atoms in total. The largest absolute Gasteiger partial charge is 0.461 e. The Morgan fingerprint density at radius 1 is 1.47 bits per heavy atom. The highest BCUT2D eigenvalue weighted by molar-refractivity contribution is 5.78. The molecule has 0 aliphatic rings. The molecule has 0 saturated carbocycles. The number of aliphatic hydroxyl groups excluding tert-OH is 1. The molecule has 0 aliphatic carbocycles. The van der Waals surface area contributed by atoms with Crippen LogP contribution in [0.2, 0.25) is 0 Å². The Labute approximate surface area is 111 Å².